The third-order valence-corrected chi connectivity index (χ3v) is 4.61. The van der Waals surface area contributed by atoms with E-state index in [9.17, 15) is 4.79 Å². The van der Waals surface area contributed by atoms with Gasteiger partial charge in [-0.05, 0) is 31.4 Å². The Bertz CT molecular complexity index is 503. The number of carbonyl (C=O) groups excluding carboxylic acids is 1. The number of hydrogen-bond donors (Lipinski definition) is 1. The van der Waals surface area contributed by atoms with Gasteiger partial charge in [0.1, 0.15) is 0 Å². The maximum Gasteiger partial charge on any atom is 0.227 e. The Morgan fingerprint density at radius 3 is 2.76 bits per heavy atom. The lowest BCUT2D eigenvalue weighted by Gasteiger charge is -2.33. The number of ether oxygens (including phenoxy) is 1. The Morgan fingerprint density at radius 1 is 1.19 bits per heavy atom. The second-order valence-electron chi connectivity index (χ2n) is 5.98. The van der Waals surface area contributed by atoms with E-state index in [1.54, 1.807) is 7.11 Å². The molecule has 4 heteroatoms. The van der Waals surface area contributed by atoms with Crippen molar-refractivity contribution in [3.05, 3.63) is 24.3 Å². The smallest absolute Gasteiger partial charge is 0.227 e. The SMILES string of the molecule is COC1CCCCC1Nc1ccccc1N1CCCC1=O. The first-order chi connectivity index (χ1) is 10.3. The minimum absolute atomic E-state index is 0.233. The summed E-state index contributed by atoms with van der Waals surface area (Å²) in [5, 5.41) is 3.63. The van der Waals surface area contributed by atoms with Crippen LogP contribution in [0.3, 0.4) is 0 Å². The minimum atomic E-state index is 0.233. The summed E-state index contributed by atoms with van der Waals surface area (Å²) in [4.78, 5) is 13.9. The summed E-state index contributed by atoms with van der Waals surface area (Å²) >= 11 is 0. The molecule has 2 atom stereocenters. The third kappa shape index (κ3) is 3.05. The zero-order chi connectivity index (χ0) is 14.7. The number of rotatable bonds is 4. The number of amides is 1. The van der Waals surface area contributed by atoms with Crippen LogP contribution < -0.4 is 10.2 Å². The molecule has 1 aliphatic heterocycles. The highest BCUT2D eigenvalue weighted by Gasteiger charge is 2.28. The number of benzene rings is 1. The van der Waals surface area contributed by atoms with E-state index in [1.807, 2.05) is 23.1 Å². The summed E-state index contributed by atoms with van der Waals surface area (Å²) in [5.41, 5.74) is 2.07. The predicted octanol–water partition coefficient (Wildman–Crippen LogP) is 3.18. The Kier molecular flexibility index (Phi) is 4.44. The Hall–Kier alpha value is -1.55. The molecule has 21 heavy (non-hydrogen) atoms. The highest BCUT2D eigenvalue weighted by molar-refractivity contribution is 5.98. The van der Waals surface area contributed by atoms with Gasteiger partial charge < -0.3 is 15.0 Å². The van der Waals surface area contributed by atoms with E-state index < -0.39 is 0 Å². The van der Waals surface area contributed by atoms with Gasteiger partial charge in [-0.25, -0.2) is 0 Å². The zero-order valence-electron chi connectivity index (χ0n) is 12.7. The first kappa shape index (κ1) is 14.4. The maximum atomic E-state index is 12.0. The van der Waals surface area contributed by atoms with Gasteiger partial charge in [0.05, 0.1) is 23.5 Å². The van der Waals surface area contributed by atoms with Crippen molar-refractivity contribution in [1.82, 2.24) is 0 Å². The third-order valence-electron chi connectivity index (χ3n) is 4.61. The molecule has 114 valence electrons. The van der Waals surface area contributed by atoms with Crippen molar-refractivity contribution < 1.29 is 9.53 Å². The molecular weight excluding hydrogens is 264 g/mol. The number of nitrogens with one attached hydrogen (secondary N) is 1. The molecule has 1 N–H and O–H groups in total. The Balaban J connectivity index is 1.80. The average molecular weight is 288 g/mol. The van der Waals surface area contributed by atoms with Crippen LogP contribution in [0.15, 0.2) is 24.3 Å². The number of hydrogen-bond acceptors (Lipinski definition) is 3. The van der Waals surface area contributed by atoms with E-state index in [1.165, 1.54) is 12.8 Å². The normalized spacial score (nSPS) is 26.1. The lowest BCUT2D eigenvalue weighted by atomic mass is 9.92. The van der Waals surface area contributed by atoms with Gasteiger partial charge >= 0.3 is 0 Å². The largest absolute Gasteiger partial charge is 0.379 e. The van der Waals surface area contributed by atoms with Crippen molar-refractivity contribution in [2.75, 3.05) is 23.9 Å². The maximum absolute atomic E-state index is 12.0. The molecule has 1 saturated carbocycles. The molecule has 1 amide bonds. The van der Waals surface area contributed by atoms with Crippen molar-refractivity contribution in [2.45, 2.75) is 50.7 Å². The van der Waals surface area contributed by atoms with Crippen LogP contribution in [0.1, 0.15) is 38.5 Å². The molecule has 1 saturated heterocycles. The second-order valence-corrected chi connectivity index (χ2v) is 5.98. The summed E-state index contributed by atoms with van der Waals surface area (Å²) in [7, 11) is 1.79. The molecule has 4 nitrogen and oxygen atoms in total. The van der Waals surface area contributed by atoms with Gasteiger partial charge in [0.2, 0.25) is 5.91 Å². The van der Waals surface area contributed by atoms with Crippen LogP contribution in [0, 0.1) is 0 Å². The summed E-state index contributed by atoms with van der Waals surface area (Å²) in [6.45, 7) is 0.829. The fourth-order valence-electron chi connectivity index (χ4n) is 3.48. The minimum Gasteiger partial charge on any atom is -0.379 e. The highest BCUT2D eigenvalue weighted by Crippen LogP contribution is 2.32. The first-order valence-electron chi connectivity index (χ1n) is 7.98. The molecule has 2 aliphatic rings. The van der Waals surface area contributed by atoms with Crippen LogP contribution in [0.2, 0.25) is 0 Å². The number of anilines is 2. The quantitative estimate of drug-likeness (QED) is 0.925. The van der Waals surface area contributed by atoms with Crippen LogP contribution >= 0.6 is 0 Å². The molecule has 2 fully saturated rings. The van der Waals surface area contributed by atoms with Gasteiger partial charge in [-0.15, -0.1) is 0 Å². The van der Waals surface area contributed by atoms with Crippen LogP contribution in [0.4, 0.5) is 11.4 Å². The van der Waals surface area contributed by atoms with Gasteiger partial charge in [0, 0.05) is 20.1 Å². The van der Waals surface area contributed by atoms with Gasteiger partial charge in [-0.1, -0.05) is 25.0 Å². The van der Waals surface area contributed by atoms with E-state index >= 15 is 0 Å². The molecule has 0 spiro atoms. The summed E-state index contributed by atoms with van der Waals surface area (Å²) in [6, 6.07) is 8.47. The Morgan fingerprint density at radius 2 is 2.00 bits per heavy atom. The van der Waals surface area contributed by atoms with E-state index in [0.717, 1.165) is 37.2 Å². The van der Waals surface area contributed by atoms with Crippen LogP contribution in [0.5, 0.6) is 0 Å². The molecule has 0 aromatic heterocycles. The number of carbonyl (C=O) groups is 1. The van der Waals surface area contributed by atoms with Crippen molar-refractivity contribution in [1.29, 1.82) is 0 Å². The topological polar surface area (TPSA) is 41.6 Å². The van der Waals surface area contributed by atoms with Crippen molar-refractivity contribution in [2.24, 2.45) is 0 Å². The summed E-state index contributed by atoms with van der Waals surface area (Å²) in [5.74, 6) is 0.233. The standard InChI is InChI=1S/C17H24N2O2/c1-21-16-10-5-3-8-14(16)18-13-7-2-4-9-15(13)19-12-6-11-17(19)20/h2,4,7,9,14,16,18H,3,5-6,8,10-12H2,1H3. The van der Waals surface area contributed by atoms with E-state index in [2.05, 4.69) is 11.4 Å². The summed E-state index contributed by atoms with van der Waals surface area (Å²) in [6.07, 6.45) is 6.60. The number of nitrogens with zero attached hydrogens (tertiary/aromatic N) is 1. The first-order valence-corrected chi connectivity index (χ1v) is 7.98. The molecule has 1 aromatic rings. The molecule has 0 bridgehead atoms. The molecule has 1 aliphatic carbocycles. The fraction of sp³-hybridized carbons (Fsp3) is 0.588. The highest BCUT2D eigenvalue weighted by atomic mass is 16.5. The lowest BCUT2D eigenvalue weighted by molar-refractivity contribution is -0.117. The predicted molar refractivity (Wildman–Crippen MR) is 84.7 cm³/mol. The van der Waals surface area contributed by atoms with Gasteiger partial charge in [0.25, 0.3) is 0 Å². The van der Waals surface area contributed by atoms with Crippen molar-refractivity contribution in [3.63, 3.8) is 0 Å². The van der Waals surface area contributed by atoms with Crippen molar-refractivity contribution in [3.8, 4) is 0 Å². The van der Waals surface area contributed by atoms with Gasteiger partial charge in [0.15, 0.2) is 0 Å². The van der Waals surface area contributed by atoms with Gasteiger partial charge in [-0.3, -0.25) is 4.79 Å². The lowest BCUT2D eigenvalue weighted by Crippen LogP contribution is -2.38. The van der Waals surface area contributed by atoms with Crippen LogP contribution in [0.25, 0.3) is 0 Å². The number of methoxy groups -OCH3 is 1. The van der Waals surface area contributed by atoms with E-state index in [4.69, 9.17) is 4.74 Å². The summed E-state index contributed by atoms with van der Waals surface area (Å²) < 4.78 is 5.62. The monoisotopic (exact) mass is 288 g/mol. The van der Waals surface area contributed by atoms with E-state index in [-0.39, 0.29) is 12.0 Å². The second kappa shape index (κ2) is 6.48. The molecule has 0 radical (unpaired) electrons. The molecule has 1 heterocycles. The molecule has 1 aromatic carbocycles. The average Bonchev–Trinajstić information content (AvgIpc) is 2.94. The van der Waals surface area contributed by atoms with E-state index in [0.29, 0.717) is 12.5 Å². The number of para-hydroxylation sites is 2. The van der Waals surface area contributed by atoms with Crippen LogP contribution in [-0.4, -0.2) is 31.7 Å². The molecule has 2 unspecified atom stereocenters. The Labute approximate surface area is 126 Å². The van der Waals surface area contributed by atoms with Gasteiger partial charge in [-0.2, -0.15) is 0 Å². The molecule has 3 rings (SSSR count). The fourth-order valence-corrected chi connectivity index (χ4v) is 3.48. The molecular formula is C17H24N2O2. The van der Waals surface area contributed by atoms with Crippen LogP contribution in [-0.2, 0) is 9.53 Å². The van der Waals surface area contributed by atoms with Crippen molar-refractivity contribution >= 4 is 17.3 Å². The zero-order valence-corrected chi connectivity index (χ0v) is 12.7.